The summed E-state index contributed by atoms with van der Waals surface area (Å²) in [5, 5.41) is 0.601. The Morgan fingerprint density at radius 1 is 1.43 bits per heavy atom. The molecule has 0 N–H and O–H groups in total. The highest BCUT2D eigenvalue weighted by Gasteiger charge is 2.18. The highest BCUT2D eigenvalue weighted by atomic mass is 35.5. The average molecular weight is 209 g/mol. The molecule has 0 saturated heterocycles. The summed E-state index contributed by atoms with van der Waals surface area (Å²) in [4.78, 5) is 0. The molecule has 2 heteroatoms. The molecule has 14 heavy (non-hydrogen) atoms. The Morgan fingerprint density at radius 2 is 2.07 bits per heavy atom. The van der Waals surface area contributed by atoms with E-state index in [1.165, 1.54) is 0 Å². The van der Waals surface area contributed by atoms with Crippen molar-refractivity contribution in [1.29, 1.82) is 0 Å². The number of ether oxygens (including phenoxy) is 1. The molecule has 0 amide bonds. The van der Waals surface area contributed by atoms with Gasteiger partial charge >= 0.3 is 0 Å². The molecule has 0 fully saturated rings. The van der Waals surface area contributed by atoms with Gasteiger partial charge in [-0.05, 0) is 31.5 Å². The highest BCUT2D eigenvalue weighted by molar-refractivity contribution is 6.32. The second-order valence-corrected chi connectivity index (χ2v) is 4.03. The molecule has 1 aromatic rings. The Balaban J connectivity index is 3.21. The number of terminal acetylenes is 1. The molecule has 0 aliphatic carbocycles. The fourth-order valence-electron chi connectivity index (χ4n) is 1.13. The normalized spacial score (nSPS) is 10.8. The van der Waals surface area contributed by atoms with Gasteiger partial charge in [0.05, 0.1) is 17.5 Å². The summed E-state index contributed by atoms with van der Waals surface area (Å²) in [6.07, 6.45) is 5.44. The molecule has 0 atom stereocenters. The van der Waals surface area contributed by atoms with E-state index in [0.29, 0.717) is 10.8 Å². The second kappa shape index (κ2) is 3.94. The van der Waals surface area contributed by atoms with Crippen LogP contribution in [0.4, 0.5) is 0 Å². The predicted molar refractivity (Wildman–Crippen MR) is 59.9 cm³/mol. The second-order valence-electron chi connectivity index (χ2n) is 3.62. The zero-order valence-corrected chi connectivity index (χ0v) is 9.35. The van der Waals surface area contributed by atoms with Crippen molar-refractivity contribution in [3.8, 4) is 18.1 Å². The molecule has 0 heterocycles. The minimum atomic E-state index is -0.294. The maximum absolute atomic E-state index is 5.91. The third-order valence-electron chi connectivity index (χ3n) is 2.23. The van der Waals surface area contributed by atoms with Crippen molar-refractivity contribution >= 4 is 11.6 Å². The molecular weight excluding hydrogens is 196 g/mol. The Morgan fingerprint density at radius 3 is 2.57 bits per heavy atom. The van der Waals surface area contributed by atoms with Gasteiger partial charge in [-0.25, -0.2) is 0 Å². The van der Waals surface area contributed by atoms with Gasteiger partial charge in [0.1, 0.15) is 5.75 Å². The van der Waals surface area contributed by atoms with Crippen molar-refractivity contribution in [2.75, 3.05) is 7.11 Å². The Bertz CT molecular complexity index is 374. The van der Waals surface area contributed by atoms with Crippen molar-refractivity contribution in [2.24, 2.45) is 0 Å². The van der Waals surface area contributed by atoms with Crippen LogP contribution in [0.3, 0.4) is 0 Å². The van der Waals surface area contributed by atoms with Gasteiger partial charge < -0.3 is 4.74 Å². The van der Waals surface area contributed by atoms with Crippen molar-refractivity contribution in [3.05, 3.63) is 28.8 Å². The van der Waals surface area contributed by atoms with Crippen LogP contribution in [0.15, 0.2) is 18.2 Å². The van der Waals surface area contributed by atoms with Crippen molar-refractivity contribution in [3.63, 3.8) is 0 Å². The number of halogens is 1. The summed E-state index contributed by atoms with van der Waals surface area (Å²) in [5.74, 6) is 3.39. The molecule has 0 aromatic heterocycles. The van der Waals surface area contributed by atoms with E-state index < -0.39 is 0 Å². The minimum Gasteiger partial charge on any atom is -0.495 e. The lowest BCUT2D eigenvalue weighted by Gasteiger charge is -2.18. The summed E-state index contributed by atoms with van der Waals surface area (Å²) in [7, 11) is 1.59. The number of benzene rings is 1. The monoisotopic (exact) mass is 208 g/mol. The van der Waals surface area contributed by atoms with Gasteiger partial charge in [-0.1, -0.05) is 23.6 Å². The first kappa shape index (κ1) is 10.9. The molecule has 0 aliphatic heterocycles. The first-order valence-corrected chi connectivity index (χ1v) is 4.71. The van der Waals surface area contributed by atoms with Gasteiger partial charge in [-0.15, -0.1) is 6.42 Å². The molecule has 0 radical (unpaired) electrons. The first-order valence-electron chi connectivity index (χ1n) is 4.33. The summed E-state index contributed by atoms with van der Waals surface area (Å²) in [6, 6.07) is 5.60. The molecule has 1 rings (SSSR count). The summed E-state index contributed by atoms with van der Waals surface area (Å²) < 4.78 is 5.12. The molecule has 74 valence electrons. The van der Waals surface area contributed by atoms with Crippen LogP contribution < -0.4 is 4.74 Å². The van der Waals surface area contributed by atoms with Crippen LogP contribution >= 0.6 is 11.6 Å². The van der Waals surface area contributed by atoms with Crippen LogP contribution in [0.1, 0.15) is 19.4 Å². The highest BCUT2D eigenvalue weighted by Crippen LogP contribution is 2.30. The molecule has 0 bridgehead atoms. The third kappa shape index (κ3) is 2.02. The van der Waals surface area contributed by atoms with E-state index in [4.69, 9.17) is 22.8 Å². The maximum atomic E-state index is 5.91. The number of methoxy groups -OCH3 is 1. The summed E-state index contributed by atoms with van der Waals surface area (Å²) in [5.41, 5.74) is 0.735. The molecule has 0 unspecified atom stereocenters. The fourth-order valence-corrected chi connectivity index (χ4v) is 1.33. The van der Waals surface area contributed by atoms with Gasteiger partial charge in [-0.2, -0.15) is 0 Å². The van der Waals surface area contributed by atoms with E-state index in [1.807, 2.05) is 26.0 Å². The minimum absolute atomic E-state index is 0.294. The fraction of sp³-hybridized carbons (Fsp3) is 0.333. The molecule has 1 aromatic carbocycles. The lowest BCUT2D eigenvalue weighted by atomic mass is 9.86. The number of hydrogen-bond acceptors (Lipinski definition) is 1. The van der Waals surface area contributed by atoms with Crippen LogP contribution in [-0.2, 0) is 5.41 Å². The van der Waals surface area contributed by atoms with Crippen LogP contribution in [-0.4, -0.2) is 7.11 Å². The quantitative estimate of drug-likeness (QED) is 0.678. The Labute approximate surface area is 90.0 Å². The SMILES string of the molecule is C#CC(C)(C)c1ccc(Cl)c(OC)c1. The predicted octanol–water partition coefficient (Wildman–Crippen LogP) is 3.26. The maximum Gasteiger partial charge on any atom is 0.137 e. The molecule has 1 nitrogen and oxygen atoms in total. The molecular formula is C12H13ClO. The molecule has 0 aliphatic rings. The van der Waals surface area contributed by atoms with Crippen molar-refractivity contribution in [2.45, 2.75) is 19.3 Å². The topological polar surface area (TPSA) is 9.23 Å². The van der Waals surface area contributed by atoms with Gasteiger partial charge in [0.15, 0.2) is 0 Å². The number of rotatable bonds is 2. The van der Waals surface area contributed by atoms with Gasteiger partial charge in [0.2, 0.25) is 0 Å². The van der Waals surface area contributed by atoms with Crippen LogP contribution in [0.25, 0.3) is 0 Å². The van der Waals surface area contributed by atoms with E-state index in [2.05, 4.69) is 5.92 Å². The standard InChI is InChI=1S/C12H13ClO/c1-5-12(2,3)9-6-7-10(13)11(8-9)14-4/h1,6-8H,2-4H3. The molecule has 0 saturated carbocycles. The Kier molecular flexibility index (Phi) is 3.08. The summed E-state index contributed by atoms with van der Waals surface area (Å²) in [6.45, 7) is 3.96. The van der Waals surface area contributed by atoms with E-state index in [-0.39, 0.29) is 5.41 Å². The summed E-state index contributed by atoms with van der Waals surface area (Å²) >= 11 is 5.91. The van der Waals surface area contributed by atoms with E-state index >= 15 is 0 Å². The van der Waals surface area contributed by atoms with Gasteiger partial charge in [-0.3, -0.25) is 0 Å². The lowest BCUT2D eigenvalue weighted by Crippen LogP contribution is -2.13. The van der Waals surface area contributed by atoms with Gasteiger partial charge in [0, 0.05) is 0 Å². The van der Waals surface area contributed by atoms with Crippen LogP contribution in [0, 0.1) is 12.3 Å². The first-order chi connectivity index (χ1) is 6.51. The smallest absolute Gasteiger partial charge is 0.137 e. The molecule has 0 spiro atoms. The van der Waals surface area contributed by atoms with Crippen molar-refractivity contribution < 1.29 is 4.74 Å². The zero-order chi connectivity index (χ0) is 10.8. The van der Waals surface area contributed by atoms with E-state index in [0.717, 1.165) is 5.56 Å². The zero-order valence-electron chi connectivity index (χ0n) is 8.60. The Hall–Kier alpha value is -1.13. The van der Waals surface area contributed by atoms with Crippen molar-refractivity contribution in [1.82, 2.24) is 0 Å². The lowest BCUT2D eigenvalue weighted by molar-refractivity contribution is 0.413. The van der Waals surface area contributed by atoms with E-state index in [9.17, 15) is 0 Å². The largest absolute Gasteiger partial charge is 0.495 e. The van der Waals surface area contributed by atoms with Crippen LogP contribution in [0.5, 0.6) is 5.75 Å². The van der Waals surface area contributed by atoms with Crippen LogP contribution in [0.2, 0.25) is 5.02 Å². The third-order valence-corrected chi connectivity index (χ3v) is 2.55. The van der Waals surface area contributed by atoms with Gasteiger partial charge in [0.25, 0.3) is 0 Å². The van der Waals surface area contributed by atoms with E-state index in [1.54, 1.807) is 13.2 Å². The average Bonchev–Trinajstić information content (AvgIpc) is 2.18. The number of hydrogen-bond donors (Lipinski definition) is 0.